The topological polar surface area (TPSA) is 20.2 Å². The molecular weight excluding hydrogens is 310 g/mol. The summed E-state index contributed by atoms with van der Waals surface area (Å²) in [6, 6.07) is 8.59. The summed E-state index contributed by atoms with van der Waals surface area (Å²) in [5.41, 5.74) is 2.28. The molecule has 0 amide bonds. The number of benzene rings is 2. The standard InChI is InChI=1S/C17H17Cl2FO/c1-10-4-11(2)6-12(5-10)9-17(3,21)13-7-16(20)15(19)8-14(13)18/h4-8,21H,9H2,1-3H3. The van der Waals surface area contributed by atoms with Crippen LogP contribution in [0, 0.1) is 19.7 Å². The number of aryl methyl sites for hydroxylation is 2. The van der Waals surface area contributed by atoms with Crippen molar-refractivity contribution in [1.29, 1.82) is 0 Å². The average molecular weight is 327 g/mol. The molecule has 1 N–H and O–H groups in total. The van der Waals surface area contributed by atoms with Crippen molar-refractivity contribution >= 4 is 23.2 Å². The van der Waals surface area contributed by atoms with Crippen molar-refractivity contribution < 1.29 is 9.50 Å². The van der Waals surface area contributed by atoms with Gasteiger partial charge in [-0.05, 0) is 38.5 Å². The van der Waals surface area contributed by atoms with Gasteiger partial charge in [-0.3, -0.25) is 0 Å². The van der Waals surface area contributed by atoms with Gasteiger partial charge in [0.1, 0.15) is 5.82 Å². The maximum absolute atomic E-state index is 13.7. The monoisotopic (exact) mass is 326 g/mol. The van der Waals surface area contributed by atoms with E-state index in [0.717, 1.165) is 16.7 Å². The fourth-order valence-corrected chi connectivity index (χ4v) is 3.19. The highest BCUT2D eigenvalue weighted by atomic mass is 35.5. The Morgan fingerprint density at radius 1 is 1.00 bits per heavy atom. The molecule has 0 aromatic heterocycles. The Hall–Kier alpha value is -1.09. The van der Waals surface area contributed by atoms with Crippen LogP contribution in [-0.4, -0.2) is 5.11 Å². The van der Waals surface area contributed by atoms with E-state index in [-0.39, 0.29) is 10.0 Å². The van der Waals surface area contributed by atoms with Crippen LogP contribution in [0.3, 0.4) is 0 Å². The Morgan fingerprint density at radius 3 is 2.14 bits per heavy atom. The minimum atomic E-state index is -1.28. The van der Waals surface area contributed by atoms with E-state index >= 15 is 0 Å². The number of halogens is 3. The molecule has 112 valence electrons. The molecule has 1 atom stereocenters. The van der Waals surface area contributed by atoms with E-state index in [2.05, 4.69) is 6.07 Å². The molecule has 0 aliphatic carbocycles. The largest absolute Gasteiger partial charge is 0.385 e. The van der Waals surface area contributed by atoms with Crippen molar-refractivity contribution in [2.24, 2.45) is 0 Å². The van der Waals surface area contributed by atoms with E-state index in [1.807, 2.05) is 26.0 Å². The Morgan fingerprint density at radius 2 is 1.57 bits per heavy atom. The fourth-order valence-electron chi connectivity index (χ4n) is 2.60. The van der Waals surface area contributed by atoms with Gasteiger partial charge in [0.15, 0.2) is 0 Å². The maximum Gasteiger partial charge on any atom is 0.142 e. The molecule has 0 aliphatic rings. The highest BCUT2D eigenvalue weighted by Gasteiger charge is 2.27. The molecule has 0 spiro atoms. The molecule has 0 bridgehead atoms. The summed E-state index contributed by atoms with van der Waals surface area (Å²) < 4.78 is 13.7. The van der Waals surface area contributed by atoms with Crippen LogP contribution in [-0.2, 0) is 12.0 Å². The molecule has 0 aliphatic heterocycles. The smallest absolute Gasteiger partial charge is 0.142 e. The van der Waals surface area contributed by atoms with Gasteiger partial charge in [0, 0.05) is 17.0 Å². The van der Waals surface area contributed by atoms with Crippen molar-refractivity contribution in [1.82, 2.24) is 0 Å². The minimum Gasteiger partial charge on any atom is -0.385 e. The average Bonchev–Trinajstić information content (AvgIpc) is 2.31. The SMILES string of the molecule is Cc1cc(C)cc(CC(C)(O)c2cc(F)c(Cl)cc2Cl)c1. The first-order valence-electron chi connectivity index (χ1n) is 6.63. The summed E-state index contributed by atoms with van der Waals surface area (Å²) in [4.78, 5) is 0. The Balaban J connectivity index is 2.40. The first-order valence-corrected chi connectivity index (χ1v) is 7.39. The minimum absolute atomic E-state index is 0.0500. The molecule has 0 saturated carbocycles. The van der Waals surface area contributed by atoms with Gasteiger partial charge in [0.05, 0.1) is 10.6 Å². The molecule has 2 aromatic carbocycles. The number of hydrogen-bond acceptors (Lipinski definition) is 1. The maximum atomic E-state index is 13.7. The molecule has 0 saturated heterocycles. The molecule has 0 fully saturated rings. The predicted molar refractivity (Wildman–Crippen MR) is 85.6 cm³/mol. The molecule has 21 heavy (non-hydrogen) atoms. The highest BCUT2D eigenvalue weighted by Crippen LogP contribution is 2.34. The third-order valence-corrected chi connectivity index (χ3v) is 4.02. The van der Waals surface area contributed by atoms with Gasteiger partial charge >= 0.3 is 0 Å². The molecule has 2 rings (SSSR count). The van der Waals surface area contributed by atoms with Crippen molar-refractivity contribution in [3.05, 3.63) is 68.4 Å². The van der Waals surface area contributed by atoms with E-state index in [9.17, 15) is 9.50 Å². The first-order chi connectivity index (χ1) is 9.69. The Bertz CT molecular complexity index is 660. The summed E-state index contributed by atoms with van der Waals surface area (Å²) in [5.74, 6) is -0.586. The van der Waals surface area contributed by atoms with E-state index in [1.54, 1.807) is 6.92 Å². The lowest BCUT2D eigenvalue weighted by atomic mass is 9.88. The molecule has 1 unspecified atom stereocenters. The third kappa shape index (κ3) is 3.76. The van der Waals surface area contributed by atoms with Crippen LogP contribution in [0.5, 0.6) is 0 Å². The van der Waals surface area contributed by atoms with Crippen LogP contribution in [0.1, 0.15) is 29.2 Å². The predicted octanol–water partition coefficient (Wildman–Crippen LogP) is 5.20. The summed E-state index contributed by atoms with van der Waals surface area (Å²) >= 11 is 11.8. The second-order valence-electron chi connectivity index (χ2n) is 5.69. The molecule has 0 radical (unpaired) electrons. The fraction of sp³-hybridized carbons (Fsp3) is 0.294. The van der Waals surface area contributed by atoms with Crippen LogP contribution >= 0.6 is 23.2 Å². The molecule has 2 aromatic rings. The van der Waals surface area contributed by atoms with Crippen molar-refractivity contribution in [2.75, 3.05) is 0 Å². The molecular formula is C17H17Cl2FO. The summed E-state index contributed by atoms with van der Waals surface area (Å²) in [6.45, 7) is 5.62. The first kappa shape index (κ1) is 16.3. The van der Waals surface area contributed by atoms with Gasteiger partial charge in [-0.15, -0.1) is 0 Å². The second kappa shape index (κ2) is 5.96. The summed E-state index contributed by atoms with van der Waals surface area (Å²) in [5, 5.41) is 10.9. The summed E-state index contributed by atoms with van der Waals surface area (Å²) in [6.07, 6.45) is 0.344. The van der Waals surface area contributed by atoms with E-state index < -0.39 is 11.4 Å². The Kier molecular flexibility index (Phi) is 4.62. The van der Waals surface area contributed by atoms with Crippen LogP contribution in [0.2, 0.25) is 10.0 Å². The van der Waals surface area contributed by atoms with Crippen LogP contribution in [0.15, 0.2) is 30.3 Å². The third-order valence-electron chi connectivity index (χ3n) is 3.42. The molecule has 1 nitrogen and oxygen atoms in total. The van der Waals surface area contributed by atoms with Crippen molar-refractivity contribution in [2.45, 2.75) is 32.8 Å². The van der Waals surface area contributed by atoms with Gasteiger partial charge in [0.25, 0.3) is 0 Å². The Labute approximate surface area is 134 Å². The number of hydrogen-bond donors (Lipinski definition) is 1. The van der Waals surface area contributed by atoms with Crippen LogP contribution in [0.25, 0.3) is 0 Å². The van der Waals surface area contributed by atoms with Crippen molar-refractivity contribution in [3.63, 3.8) is 0 Å². The summed E-state index contributed by atoms with van der Waals surface area (Å²) in [7, 11) is 0. The van der Waals surface area contributed by atoms with Crippen LogP contribution < -0.4 is 0 Å². The lowest BCUT2D eigenvalue weighted by molar-refractivity contribution is 0.0574. The van der Waals surface area contributed by atoms with Crippen LogP contribution in [0.4, 0.5) is 4.39 Å². The molecule has 0 heterocycles. The number of rotatable bonds is 3. The van der Waals surface area contributed by atoms with E-state index in [0.29, 0.717) is 12.0 Å². The lowest BCUT2D eigenvalue weighted by Crippen LogP contribution is -2.25. The highest BCUT2D eigenvalue weighted by molar-refractivity contribution is 6.35. The van der Waals surface area contributed by atoms with Gasteiger partial charge in [-0.25, -0.2) is 4.39 Å². The second-order valence-corrected chi connectivity index (χ2v) is 6.51. The van der Waals surface area contributed by atoms with Gasteiger partial charge in [-0.1, -0.05) is 52.5 Å². The van der Waals surface area contributed by atoms with Gasteiger partial charge in [0.2, 0.25) is 0 Å². The van der Waals surface area contributed by atoms with Gasteiger partial charge in [-0.2, -0.15) is 0 Å². The molecule has 4 heteroatoms. The normalized spacial score (nSPS) is 14.0. The number of aliphatic hydroxyl groups is 1. The zero-order valence-electron chi connectivity index (χ0n) is 12.2. The zero-order chi connectivity index (χ0) is 15.8. The quantitative estimate of drug-likeness (QED) is 0.768. The van der Waals surface area contributed by atoms with Crippen molar-refractivity contribution in [3.8, 4) is 0 Å². The van der Waals surface area contributed by atoms with Gasteiger partial charge < -0.3 is 5.11 Å². The zero-order valence-corrected chi connectivity index (χ0v) is 13.7. The van der Waals surface area contributed by atoms with E-state index in [1.165, 1.54) is 12.1 Å². The lowest BCUT2D eigenvalue weighted by Gasteiger charge is -2.26. The van der Waals surface area contributed by atoms with E-state index in [4.69, 9.17) is 23.2 Å².